The second-order valence-electron chi connectivity index (χ2n) is 6.19. The molecule has 4 rings (SSSR count). The van der Waals surface area contributed by atoms with Gasteiger partial charge in [0.2, 0.25) is 0 Å². The highest BCUT2D eigenvalue weighted by atomic mass is 19.4. The van der Waals surface area contributed by atoms with Crippen LogP contribution in [-0.4, -0.2) is 5.91 Å². The molecule has 134 valence electrons. The summed E-state index contributed by atoms with van der Waals surface area (Å²) in [5, 5.41) is 2.83. The first kappa shape index (κ1) is 17.1. The lowest BCUT2D eigenvalue weighted by Gasteiger charge is -2.14. The summed E-state index contributed by atoms with van der Waals surface area (Å²) in [6, 6.07) is 21.4. The first-order valence-corrected chi connectivity index (χ1v) is 8.33. The number of hydrogen-bond acceptors (Lipinski definition) is 1. The first-order valence-electron chi connectivity index (χ1n) is 8.33. The molecule has 3 aromatic rings. The van der Waals surface area contributed by atoms with Crippen molar-refractivity contribution in [3.8, 4) is 0 Å². The van der Waals surface area contributed by atoms with Gasteiger partial charge in [-0.15, -0.1) is 0 Å². The molecule has 0 spiro atoms. The minimum atomic E-state index is -4.41. The minimum Gasteiger partial charge on any atom is -0.321 e. The highest BCUT2D eigenvalue weighted by Crippen LogP contribution is 2.40. The molecule has 0 bridgehead atoms. The number of amides is 1. The van der Waals surface area contributed by atoms with Crippen LogP contribution in [0.4, 0.5) is 18.9 Å². The molecule has 1 aliphatic rings. The summed E-state index contributed by atoms with van der Waals surface area (Å²) in [7, 11) is 0. The van der Waals surface area contributed by atoms with Gasteiger partial charge in [0.1, 0.15) is 0 Å². The van der Waals surface area contributed by atoms with E-state index in [1.165, 1.54) is 12.1 Å². The number of rotatable bonds is 2. The fourth-order valence-electron chi connectivity index (χ4n) is 3.25. The van der Waals surface area contributed by atoms with Gasteiger partial charge in [0.05, 0.1) is 11.1 Å². The van der Waals surface area contributed by atoms with E-state index in [-0.39, 0.29) is 5.91 Å². The van der Waals surface area contributed by atoms with E-state index in [0.717, 1.165) is 23.3 Å². The summed E-state index contributed by atoms with van der Waals surface area (Å²) in [5.74, 6) is -0.269. The van der Waals surface area contributed by atoms with Crippen LogP contribution >= 0.6 is 0 Å². The summed E-state index contributed by atoms with van der Waals surface area (Å²) in [5.41, 5.74) is 3.08. The van der Waals surface area contributed by atoms with Crippen molar-refractivity contribution in [1.82, 2.24) is 0 Å². The Bertz CT molecular complexity index is 1040. The van der Waals surface area contributed by atoms with Gasteiger partial charge in [-0.2, -0.15) is 13.2 Å². The number of benzene rings is 3. The molecule has 0 fully saturated rings. The summed E-state index contributed by atoms with van der Waals surface area (Å²) in [6.45, 7) is 0. The molecule has 3 aromatic carbocycles. The van der Waals surface area contributed by atoms with Crippen LogP contribution in [0.3, 0.4) is 0 Å². The summed E-state index contributed by atoms with van der Waals surface area (Å²) in [6.07, 6.45) is -4.41. The molecule has 0 saturated carbocycles. The van der Waals surface area contributed by atoms with Crippen molar-refractivity contribution in [2.75, 3.05) is 5.32 Å². The molecule has 1 N–H and O–H groups in total. The zero-order valence-electron chi connectivity index (χ0n) is 14.0. The molecule has 1 aliphatic heterocycles. The molecule has 27 heavy (non-hydrogen) atoms. The highest BCUT2D eigenvalue weighted by molar-refractivity contribution is 6.38. The molecule has 1 amide bonds. The van der Waals surface area contributed by atoms with Crippen molar-refractivity contribution in [1.29, 1.82) is 0 Å². The second kappa shape index (κ2) is 6.43. The summed E-state index contributed by atoms with van der Waals surface area (Å²) >= 11 is 0. The SMILES string of the molecule is O=C1Nc2ccccc2/C1=C(\c1ccccc1)c1ccc(C(F)(F)F)cc1. The molecule has 1 heterocycles. The zero-order chi connectivity index (χ0) is 19.0. The third-order valence-corrected chi connectivity index (χ3v) is 4.49. The number of halogens is 3. The van der Waals surface area contributed by atoms with Crippen LogP contribution in [-0.2, 0) is 11.0 Å². The molecular weight excluding hydrogens is 351 g/mol. The van der Waals surface area contributed by atoms with E-state index in [4.69, 9.17) is 0 Å². The van der Waals surface area contributed by atoms with Crippen LogP contribution in [0.1, 0.15) is 22.3 Å². The van der Waals surface area contributed by atoms with Crippen LogP contribution in [0.2, 0.25) is 0 Å². The van der Waals surface area contributed by atoms with Crippen molar-refractivity contribution >= 4 is 22.7 Å². The number of para-hydroxylation sites is 1. The molecule has 0 aliphatic carbocycles. The van der Waals surface area contributed by atoms with E-state index in [9.17, 15) is 18.0 Å². The van der Waals surface area contributed by atoms with E-state index in [2.05, 4.69) is 5.32 Å². The predicted octanol–water partition coefficient (Wildman–Crippen LogP) is 5.62. The molecule has 0 saturated heterocycles. The number of anilines is 1. The molecule has 0 aromatic heterocycles. The molecule has 5 heteroatoms. The third kappa shape index (κ3) is 3.12. The second-order valence-corrected chi connectivity index (χ2v) is 6.19. The quantitative estimate of drug-likeness (QED) is 0.587. The molecule has 2 nitrogen and oxygen atoms in total. The Morgan fingerprint density at radius 3 is 2.00 bits per heavy atom. The first-order chi connectivity index (χ1) is 12.9. The van der Waals surface area contributed by atoms with E-state index < -0.39 is 11.7 Å². The van der Waals surface area contributed by atoms with E-state index >= 15 is 0 Å². The maximum absolute atomic E-state index is 12.9. The lowest BCUT2D eigenvalue weighted by molar-refractivity contribution is -0.137. The van der Waals surface area contributed by atoms with Crippen LogP contribution < -0.4 is 5.32 Å². The predicted molar refractivity (Wildman–Crippen MR) is 98.9 cm³/mol. The average Bonchev–Trinajstić information content (AvgIpc) is 2.99. The van der Waals surface area contributed by atoms with Crippen LogP contribution in [0, 0.1) is 0 Å². The summed E-state index contributed by atoms with van der Waals surface area (Å²) < 4.78 is 38.8. The van der Waals surface area contributed by atoms with Gasteiger partial charge in [0.25, 0.3) is 5.91 Å². The standard InChI is InChI=1S/C22H14F3NO/c23-22(24,25)16-12-10-15(11-13-16)19(14-6-2-1-3-7-14)20-17-8-4-5-9-18(17)26-21(20)27/h1-13H,(H,26,27)/b20-19-. The fourth-order valence-corrected chi connectivity index (χ4v) is 3.25. The highest BCUT2D eigenvalue weighted by Gasteiger charge is 2.31. The van der Waals surface area contributed by atoms with Crippen molar-refractivity contribution in [3.63, 3.8) is 0 Å². The van der Waals surface area contributed by atoms with Gasteiger partial charge in [-0.05, 0) is 29.3 Å². The van der Waals surface area contributed by atoms with Crippen molar-refractivity contribution in [3.05, 3.63) is 101 Å². The van der Waals surface area contributed by atoms with Gasteiger partial charge in [-0.1, -0.05) is 60.7 Å². The number of hydrogen-bond donors (Lipinski definition) is 1. The Hall–Kier alpha value is -3.34. The summed E-state index contributed by atoms with van der Waals surface area (Å²) in [4.78, 5) is 12.7. The fraction of sp³-hybridized carbons (Fsp3) is 0.0455. The van der Waals surface area contributed by atoms with Gasteiger partial charge in [0, 0.05) is 16.8 Å². The van der Waals surface area contributed by atoms with Gasteiger partial charge >= 0.3 is 6.18 Å². The molecule has 0 atom stereocenters. The van der Waals surface area contributed by atoms with Gasteiger partial charge in [0.15, 0.2) is 0 Å². The van der Waals surface area contributed by atoms with Gasteiger partial charge in [-0.3, -0.25) is 4.79 Å². The third-order valence-electron chi connectivity index (χ3n) is 4.49. The Balaban J connectivity index is 1.96. The lowest BCUT2D eigenvalue weighted by Crippen LogP contribution is -2.07. The number of nitrogens with one attached hydrogen (secondary N) is 1. The maximum Gasteiger partial charge on any atom is 0.416 e. The van der Waals surface area contributed by atoms with E-state index in [1.807, 2.05) is 48.5 Å². The van der Waals surface area contributed by atoms with Gasteiger partial charge in [-0.25, -0.2) is 0 Å². The van der Waals surface area contributed by atoms with Gasteiger partial charge < -0.3 is 5.32 Å². The Labute approximate surface area is 154 Å². The maximum atomic E-state index is 12.9. The molecule has 0 unspecified atom stereocenters. The Kier molecular flexibility index (Phi) is 4.07. The molecule has 0 radical (unpaired) electrons. The average molecular weight is 365 g/mol. The molecular formula is C22H14F3NO. The smallest absolute Gasteiger partial charge is 0.321 e. The normalized spacial score (nSPS) is 15.3. The number of carbonyl (C=O) groups excluding carboxylic acids is 1. The largest absolute Gasteiger partial charge is 0.416 e. The Morgan fingerprint density at radius 2 is 1.33 bits per heavy atom. The zero-order valence-corrected chi connectivity index (χ0v) is 14.0. The van der Waals surface area contributed by atoms with Crippen molar-refractivity contribution in [2.24, 2.45) is 0 Å². The minimum absolute atomic E-state index is 0.269. The van der Waals surface area contributed by atoms with E-state index in [1.54, 1.807) is 6.07 Å². The number of carbonyl (C=O) groups is 1. The lowest BCUT2D eigenvalue weighted by atomic mass is 9.89. The van der Waals surface area contributed by atoms with Crippen LogP contribution in [0.25, 0.3) is 11.1 Å². The topological polar surface area (TPSA) is 29.1 Å². The number of alkyl halides is 3. The monoisotopic (exact) mass is 365 g/mol. The van der Waals surface area contributed by atoms with Crippen LogP contribution in [0.5, 0.6) is 0 Å². The van der Waals surface area contributed by atoms with Crippen molar-refractivity contribution in [2.45, 2.75) is 6.18 Å². The van der Waals surface area contributed by atoms with Crippen molar-refractivity contribution < 1.29 is 18.0 Å². The van der Waals surface area contributed by atoms with Crippen LogP contribution in [0.15, 0.2) is 78.9 Å². The van der Waals surface area contributed by atoms with E-state index in [0.29, 0.717) is 22.4 Å². The number of fused-ring (bicyclic) bond motifs is 1. The Morgan fingerprint density at radius 1 is 0.741 bits per heavy atom.